The van der Waals surface area contributed by atoms with Crippen LogP contribution in [0.3, 0.4) is 0 Å². The largest absolute Gasteiger partial charge is 0.316 e. The van der Waals surface area contributed by atoms with Crippen LogP contribution in [0.25, 0.3) is 0 Å². The van der Waals surface area contributed by atoms with Crippen molar-refractivity contribution in [1.82, 2.24) is 5.32 Å². The molecule has 20 heavy (non-hydrogen) atoms. The van der Waals surface area contributed by atoms with Crippen molar-refractivity contribution in [2.24, 2.45) is 0 Å². The van der Waals surface area contributed by atoms with Crippen molar-refractivity contribution >= 4 is 39.1 Å². The summed E-state index contributed by atoms with van der Waals surface area (Å²) in [5.41, 5.74) is 2.50. The van der Waals surface area contributed by atoms with Crippen LogP contribution >= 0.6 is 39.1 Å². The van der Waals surface area contributed by atoms with E-state index in [1.165, 1.54) is 11.1 Å². The lowest BCUT2D eigenvalue weighted by Crippen LogP contribution is -2.29. The minimum atomic E-state index is 0.369. The lowest BCUT2D eigenvalue weighted by atomic mass is 9.99. The molecule has 0 aliphatic carbocycles. The highest BCUT2D eigenvalue weighted by Gasteiger charge is 2.09. The molecule has 4 heteroatoms. The van der Waals surface area contributed by atoms with Crippen LogP contribution in [0, 0.1) is 0 Å². The SMILES string of the molecule is CNC(Cc1ccc(Br)cc1)Cc1ccc(Cl)c(Cl)c1. The Hall–Kier alpha value is -0.540. The van der Waals surface area contributed by atoms with Crippen molar-refractivity contribution < 1.29 is 0 Å². The Morgan fingerprint density at radius 2 is 1.55 bits per heavy atom. The number of rotatable bonds is 5. The molecule has 106 valence electrons. The van der Waals surface area contributed by atoms with E-state index < -0.39 is 0 Å². The topological polar surface area (TPSA) is 12.0 Å². The molecule has 1 N–H and O–H groups in total. The smallest absolute Gasteiger partial charge is 0.0595 e. The number of nitrogens with one attached hydrogen (secondary N) is 1. The van der Waals surface area contributed by atoms with Gasteiger partial charge in [-0.15, -0.1) is 0 Å². The molecule has 0 bridgehead atoms. The van der Waals surface area contributed by atoms with Gasteiger partial charge in [-0.05, 0) is 55.3 Å². The van der Waals surface area contributed by atoms with Gasteiger partial charge in [-0.25, -0.2) is 0 Å². The van der Waals surface area contributed by atoms with Crippen molar-refractivity contribution in [3.63, 3.8) is 0 Å². The molecular formula is C16H16BrCl2N. The Bertz CT molecular complexity index is 569. The fourth-order valence-electron chi connectivity index (χ4n) is 2.13. The molecule has 0 heterocycles. The third-order valence-corrected chi connectivity index (χ3v) is 4.54. The molecule has 1 unspecified atom stereocenters. The number of hydrogen-bond acceptors (Lipinski definition) is 1. The van der Waals surface area contributed by atoms with E-state index in [-0.39, 0.29) is 0 Å². The highest BCUT2D eigenvalue weighted by molar-refractivity contribution is 9.10. The summed E-state index contributed by atoms with van der Waals surface area (Å²) >= 11 is 15.5. The molecule has 2 aromatic rings. The molecule has 0 radical (unpaired) electrons. The van der Waals surface area contributed by atoms with E-state index in [9.17, 15) is 0 Å². The van der Waals surface area contributed by atoms with Crippen molar-refractivity contribution in [2.45, 2.75) is 18.9 Å². The minimum Gasteiger partial charge on any atom is -0.316 e. The minimum absolute atomic E-state index is 0.369. The average molecular weight is 373 g/mol. The van der Waals surface area contributed by atoms with E-state index in [1.807, 2.05) is 25.2 Å². The summed E-state index contributed by atoms with van der Waals surface area (Å²) in [6.07, 6.45) is 1.90. The first-order valence-electron chi connectivity index (χ1n) is 6.44. The maximum absolute atomic E-state index is 6.06. The normalized spacial score (nSPS) is 12.4. The van der Waals surface area contributed by atoms with E-state index in [4.69, 9.17) is 23.2 Å². The zero-order valence-electron chi connectivity index (χ0n) is 11.2. The van der Waals surface area contributed by atoms with Crippen LogP contribution in [0.4, 0.5) is 0 Å². The third kappa shape index (κ3) is 4.49. The fraction of sp³-hybridized carbons (Fsp3) is 0.250. The van der Waals surface area contributed by atoms with Gasteiger partial charge >= 0.3 is 0 Å². The van der Waals surface area contributed by atoms with Crippen molar-refractivity contribution in [3.05, 3.63) is 68.1 Å². The lowest BCUT2D eigenvalue weighted by molar-refractivity contribution is 0.556. The molecule has 1 nitrogen and oxygen atoms in total. The Balaban J connectivity index is 2.04. The quantitative estimate of drug-likeness (QED) is 0.767. The second kappa shape index (κ2) is 7.46. The highest BCUT2D eigenvalue weighted by atomic mass is 79.9. The molecule has 0 spiro atoms. The van der Waals surface area contributed by atoms with Crippen molar-refractivity contribution in [3.8, 4) is 0 Å². The Morgan fingerprint density at radius 1 is 0.950 bits per heavy atom. The van der Waals surface area contributed by atoms with Gasteiger partial charge < -0.3 is 5.32 Å². The van der Waals surface area contributed by atoms with Gasteiger partial charge in [0, 0.05) is 10.5 Å². The first-order chi connectivity index (χ1) is 9.58. The predicted octanol–water partition coefficient (Wildman–Crippen LogP) is 5.13. The molecule has 0 fully saturated rings. The van der Waals surface area contributed by atoms with Crippen LogP contribution in [0.2, 0.25) is 10.0 Å². The molecule has 0 aliphatic rings. The average Bonchev–Trinajstić information content (AvgIpc) is 2.44. The van der Waals surface area contributed by atoms with Crippen molar-refractivity contribution in [1.29, 1.82) is 0 Å². The lowest BCUT2D eigenvalue weighted by Gasteiger charge is -2.17. The maximum atomic E-state index is 6.06. The molecule has 2 aromatic carbocycles. The van der Waals surface area contributed by atoms with Gasteiger partial charge in [0.05, 0.1) is 10.0 Å². The Kier molecular flexibility index (Phi) is 5.91. The first-order valence-corrected chi connectivity index (χ1v) is 7.99. The number of benzene rings is 2. The summed E-state index contributed by atoms with van der Waals surface area (Å²) in [5, 5.41) is 4.57. The van der Waals surface area contributed by atoms with Gasteiger partial charge in [0.15, 0.2) is 0 Å². The van der Waals surface area contributed by atoms with Gasteiger partial charge in [-0.1, -0.05) is 57.3 Å². The Morgan fingerprint density at radius 3 is 2.15 bits per heavy atom. The summed E-state index contributed by atoms with van der Waals surface area (Å²) in [7, 11) is 1.99. The van der Waals surface area contributed by atoms with Gasteiger partial charge in [-0.2, -0.15) is 0 Å². The highest BCUT2D eigenvalue weighted by Crippen LogP contribution is 2.23. The van der Waals surface area contributed by atoms with Crippen LogP contribution < -0.4 is 5.32 Å². The summed E-state index contributed by atoms with van der Waals surface area (Å²) in [6.45, 7) is 0. The van der Waals surface area contributed by atoms with Gasteiger partial charge in [0.25, 0.3) is 0 Å². The molecule has 0 saturated carbocycles. The van der Waals surface area contributed by atoms with Crippen molar-refractivity contribution in [2.75, 3.05) is 7.05 Å². The molecule has 0 saturated heterocycles. The van der Waals surface area contributed by atoms with Crippen LogP contribution in [0.1, 0.15) is 11.1 Å². The van der Waals surface area contributed by atoms with E-state index in [2.05, 4.69) is 45.5 Å². The maximum Gasteiger partial charge on any atom is 0.0595 e. The van der Waals surface area contributed by atoms with Crippen LogP contribution in [-0.2, 0) is 12.8 Å². The van der Waals surface area contributed by atoms with Crippen LogP contribution in [-0.4, -0.2) is 13.1 Å². The van der Waals surface area contributed by atoms with Crippen LogP contribution in [0.5, 0.6) is 0 Å². The first kappa shape index (κ1) is 15.8. The molecule has 0 aliphatic heterocycles. The predicted molar refractivity (Wildman–Crippen MR) is 90.9 cm³/mol. The second-order valence-corrected chi connectivity index (χ2v) is 6.50. The standard InChI is InChI=1S/C16H16BrCl2N/c1-20-14(8-11-2-5-13(17)6-3-11)9-12-4-7-15(18)16(19)10-12/h2-7,10,14,20H,8-9H2,1H3. The van der Waals surface area contributed by atoms with E-state index >= 15 is 0 Å². The molecule has 0 amide bonds. The summed E-state index contributed by atoms with van der Waals surface area (Å²) < 4.78 is 1.10. The number of hydrogen-bond donors (Lipinski definition) is 1. The Labute approximate surface area is 138 Å². The van der Waals surface area contributed by atoms with E-state index in [1.54, 1.807) is 0 Å². The molecule has 2 rings (SSSR count). The van der Waals surface area contributed by atoms with Gasteiger partial charge in [0.2, 0.25) is 0 Å². The zero-order valence-corrected chi connectivity index (χ0v) is 14.3. The summed E-state index contributed by atoms with van der Waals surface area (Å²) in [6, 6.07) is 14.6. The van der Waals surface area contributed by atoms with Gasteiger partial charge in [0.1, 0.15) is 0 Å². The monoisotopic (exact) mass is 371 g/mol. The molecular weight excluding hydrogens is 357 g/mol. The second-order valence-electron chi connectivity index (χ2n) is 4.77. The zero-order chi connectivity index (χ0) is 14.5. The summed E-state index contributed by atoms with van der Waals surface area (Å²) in [5.74, 6) is 0. The van der Waals surface area contributed by atoms with E-state index in [0.717, 1.165) is 17.3 Å². The molecule has 1 atom stereocenters. The third-order valence-electron chi connectivity index (χ3n) is 3.27. The number of likely N-dealkylation sites (N-methyl/N-ethyl adjacent to an activating group) is 1. The molecule has 0 aromatic heterocycles. The van der Waals surface area contributed by atoms with Crippen LogP contribution in [0.15, 0.2) is 46.9 Å². The number of halogens is 3. The fourth-order valence-corrected chi connectivity index (χ4v) is 2.72. The van der Waals surface area contributed by atoms with E-state index in [0.29, 0.717) is 16.1 Å². The van der Waals surface area contributed by atoms with Gasteiger partial charge in [-0.3, -0.25) is 0 Å². The summed E-state index contributed by atoms with van der Waals surface area (Å²) in [4.78, 5) is 0.